The highest BCUT2D eigenvalue weighted by Crippen LogP contribution is 2.23. The number of carbonyl (C=O) groups excluding carboxylic acids is 1. The molecule has 0 bridgehead atoms. The number of nitrogens with one attached hydrogen (secondary N) is 1. The standard InChI is InChI=1S/C16H21N3O2S/c1-4-11-8-7-9-12(5-2)15(11)17-13(20)10-22-16-19-18-14(6-3)21-16/h7-9H,4-6,10H2,1-3H3,(H,17,20). The van der Waals surface area contributed by atoms with Crippen LogP contribution in [-0.4, -0.2) is 21.9 Å². The smallest absolute Gasteiger partial charge is 0.277 e. The Hall–Kier alpha value is -1.82. The van der Waals surface area contributed by atoms with E-state index < -0.39 is 0 Å². The summed E-state index contributed by atoms with van der Waals surface area (Å²) in [5, 5.41) is 11.2. The van der Waals surface area contributed by atoms with Gasteiger partial charge in [0, 0.05) is 12.1 Å². The third kappa shape index (κ3) is 4.10. The van der Waals surface area contributed by atoms with E-state index in [2.05, 4.69) is 29.4 Å². The van der Waals surface area contributed by atoms with Crippen LogP contribution in [0.1, 0.15) is 37.8 Å². The molecule has 1 aromatic heterocycles. The van der Waals surface area contributed by atoms with E-state index in [4.69, 9.17) is 4.42 Å². The normalized spacial score (nSPS) is 10.7. The van der Waals surface area contributed by atoms with Gasteiger partial charge < -0.3 is 9.73 Å². The largest absolute Gasteiger partial charge is 0.416 e. The fourth-order valence-electron chi connectivity index (χ4n) is 2.15. The number of thioether (sulfide) groups is 1. The summed E-state index contributed by atoms with van der Waals surface area (Å²) in [5.41, 5.74) is 3.25. The van der Waals surface area contributed by atoms with Crippen LogP contribution < -0.4 is 5.32 Å². The zero-order valence-corrected chi connectivity index (χ0v) is 14.0. The molecule has 0 aliphatic carbocycles. The molecule has 22 heavy (non-hydrogen) atoms. The van der Waals surface area contributed by atoms with Crippen LogP contribution in [0, 0.1) is 0 Å². The second-order valence-electron chi connectivity index (χ2n) is 4.81. The molecule has 1 aromatic carbocycles. The van der Waals surface area contributed by atoms with Crippen molar-refractivity contribution in [2.45, 2.75) is 45.3 Å². The Morgan fingerprint density at radius 2 is 1.82 bits per heavy atom. The number of benzene rings is 1. The fraction of sp³-hybridized carbons (Fsp3) is 0.438. The molecule has 0 aliphatic heterocycles. The Balaban J connectivity index is 2.00. The summed E-state index contributed by atoms with van der Waals surface area (Å²) in [4.78, 5) is 12.2. The summed E-state index contributed by atoms with van der Waals surface area (Å²) in [5.74, 6) is 0.788. The Morgan fingerprint density at radius 3 is 2.36 bits per heavy atom. The van der Waals surface area contributed by atoms with E-state index >= 15 is 0 Å². The molecule has 0 unspecified atom stereocenters. The van der Waals surface area contributed by atoms with Crippen molar-refractivity contribution in [1.29, 1.82) is 0 Å². The highest BCUT2D eigenvalue weighted by atomic mass is 32.2. The number of para-hydroxylation sites is 1. The van der Waals surface area contributed by atoms with Crippen LogP contribution in [0.25, 0.3) is 0 Å². The Labute approximate surface area is 134 Å². The Kier molecular flexibility index (Phi) is 6.00. The summed E-state index contributed by atoms with van der Waals surface area (Å²) >= 11 is 1.26. The molecule has 2 aromatic rings. The van der Waals surface area contributed by atoms with Gasteiger partial charge in [0.2, 0.25) is 11.8 Å². The number of rotatable bonds is 7. The molecule has 0 spiro atoms. The summed E-state index contributed by atoms with van der Waals surface area (Å²) < 4.78 is 5.38. The number of hydrogen-bond donors (Lipinski definition) is 1. The van der Waals surface area contributed by atoms with Gasteiger partial charge in [-0.3, -0.25) is 4.79 Å². The SMILES string of the molecule is CCc1nnc(SCC(=O)Nc2c(CC)cccc2CC)o1. The third-order valence-corrected chi connectivity index (χ3v) is 4.16. The van der Waals surface area contributed by atoms with Gasteiger partial charge in [0.25, 0.3) is 5.22 Å². The average Bonchev–Trinajstić information content (AvgIpc) is 3.01. The highest BCUT2D eigenvalue weighted by molar-refractivity contribution is 7.99. The molecule has 6 heteroatoms. The van der Waals surface area contributed by atoms with Gasteiger partial charge in [-0.25, -0.2) is 0 Å². The van der Waals surface area contributed by atoms with Crippen molar-refractivity contribution in [2.75, 3.05) is 11.1 Å². The van der Waals surface area contributed by atoms with E-state index in [1.54, 1.807) is 0 Å². The molecule has 0 saturated carbocycles. The van der Waals surface area contributed by atoms with Gasteiger partial charge in [-0.1, -0.05) is 50.7 Å². The lowest BCUT2D eigenvalue weighted by atomic mass is 10.0. The van der Waals surface area contributed by atoms with Crippen molar-refractivity contribution in [3.63, 3.8) is 0 Å². The van der Waals surface area contributed by atoms with E-state index in [0.29, 0.717) is 17.5 Å². The molecule has 118 valence electrons. The maximum absolute atomic E-state index is 12.2. The van der Waals surface area contributed by atoms with Crippen molar-refractivity contribution in [2.24, 2.45) is 0 Å². The van der Waals surface area contributed by atoms with Gasteiger partial charge in [-0.15, -0.1) is 10.2 Å². The van der Waals surface area contributed by atoms with Gasteiger partial charge in [0.05, 0.1) is 5.75 Å². The van der Waals surface area contributed by atoms with E-state index in [0.717, 1.165) is 29.7 Å². The lowest BCUT2D eigenvalue weighted by Crippen LogP contribution is -2.16. The molecular weight excluding hydrogens is 298 g/mol. The maximum atomic E-state index is 12.2. The Morgan fingerprint density at radius 1 is 1.14 bits per heavy atom. The van der Waals surface area contributed by atoms with Gasteiger partial charge >= 0.3 is 0 Å². The molecule has 2 rings (SSSR count). The molecular formula is C16H21N3O2S. The van der Waals surface area contributed by atoms with Crippen LogP contribution in [-0.2, 0) is 24.1 Å². The second kappa shape index (κ2) is 7.98. The topological polar surface area (TPSA) is 68.0 Å². The number of aromatic nitrogens is 2. The lowest BCUT2D eigenvalue weighted by molar-refractivity contribution is -0.113. The van der Waals surface area contributed by atoms with Crippen molar-refractivity contribution < 1.29 is 9.21 Å². The number of anilines is 1. The summed E-state index contributed by atoms with van der Waals surface area (Å²) in [7, 11) is 0. The quantitative estimate of drug-likeness (QED) is 0.791. The van der Waals surface area contributed by atoms with Crippen molar-refractivity contribution in [3.8, 4) is 0 Å². The first kappa shape index (κ1) is 16.5. The molecule has 1 amide bonds. The van der Waals surface area contributed by atoms with E-state index in [1.165, 1.54) is 11.8 Å². The van der Waals surface area contributed by atoms with Crippen molar-refractivity contribution in [1.82, 2.24) is 10.2 Å². The van der Waals surface area contributed by atoms with Crippen LogP contribution in [0.15, 0.2) is 27.8 Å². The van der Waals surface area contributed by atoms with Crippen LogP contribution in [0.2, 0.25) is 0 Å². The van der Waals surface area contributed by atoms with Crippen LogP contribution in [0.4, 0.5) is 5.69 Å². The predicted octanol–water partition coefficient (Wildman–Crippen LogP) is 3.49. The van der Waals surface area contributed by atoms with Crippen LogP contribution >= 0.6 is 11.8 Å². The molecule has 0 aliphatic rings. The highest BCUT2D eigenvalue weighted by Gasteiger charge is 2.12. The number of carbonyl (C=O) groups is 1. The minimum absolute atomic E-state index is 0.0585. The van der Waals surface area contributed by atoms with Gasteiger partial charge in [0.15, 0.2) is 0 Å². The molecule has 0 saturated heterocycles. The van der Waals surface area contributed by atoms with E-state index in [1.807, 2.05) is 25.1 Å². The molecule has 1 N–H and O–H groups in total. The molecule has 0 atom stereocenters. The fourth-order valence-corrected chi connectivity index (χ4v) is 2.73. The first-order chi connectivity index (χ1) is 10.7. The van der Waals surface area contributed by atoms with Gasteiger partial charge in [-0.05, 0) is 24.0 Å². The molecule has 0 fully saturated rings. The van der Waals surface area contributed by atoms with Gasteiger partial charge in [0.1, 0.15) is 0 Å². The van der Waals surface area contributed by atoms with E-state index in [9.17, 15) is 4.79 Å². The zero-order valence-electron chi connectivity index (χ0n) is 13.2. The second-order valence-corrected chi connectivity index (χ2v) is 5.74. The number of aryl methyl sites for hydroxylation is 3. The first-order valence-corrected chi connectivity index (χ1v) is 8.52. The number of nitrogens with zero attached hydrogens (tertiary/aromatic N) is 2. The first-order valence-electron chi connectivity index (χ1n) is 7.53. The summed E-state index contributed by atoms with van der Waals surface area (Å²) in [6.07, 6.45) is 2.48. The summed E-state index contributed by atoms with van der Waals surface area (Å²) in [6, 6.07) is 6.13. The molecule has 1 heterocycles. The zero-order chi connectivity index (χ0) is 15.9. The molecule has 0 radical (unpaired) electrons. The van der Waals surface area contributed by atoms with Crippen molar-refractivity contribution >= 4 is 23.4 Å². The van der Waals surface area contributed by atoms with E-state index in [-0.39, 0.29) is 11.7 Å². The summed E-state index contributed by atoms with van der Waals surface area (Å²) in [6.45, 7) is 6.12. The minimum atomic E-state index is -0.0585. The van der Waals surface area contributed by atoms with Crippen molar-refractivity contribution in [3.05, 3.63) is 35.2 Å². The maximum Gasteiger partial charge on any atom is 0.277 e. The third-order valence-electron chi connectivity index (χ3n) is 3.34. The van der Waals surface area contributed by atoms with Crippen LogP contribution in [0.5, 0.6) is 0 Å². The number of hydrogen-bond acceptors (Lipinski definition) is 5. The average molecular weight is 319 g/mol. The monoisotopic (exact) mass is 319 g/mol. The Bertz CT molecular complexity index is 618. The minimum Gasteiger partial charge on any atom is -0.416 e. The van der Waals surface area contributed by atoms with Crippen LogP contribution in [0.3, 0.4) is 0 Å². The number of amides is 1. The lowest BCUT2D eigenvalue weighted by Gasteiger charge is -2.13. The predicted molar refractivity (Wildman–Crippen MR) is 88.2 cm³/mol. The molecule has 5 nitrogen and oxygen atoms in total. The van der Waals surface area contributed by atoms with Gasteiger partial charge in [-0.2, -0.15) is 0 Å².